The number of aliphatic hydroxyl groups excluding tert-OH is 1. The maximum absolute atomic E-state index is 13.8. The summed E-state index contributed by atoms with van der Waals surface area (Å²) in [5.74, 6) is 0.562. The van der Waals surface area contributed by atoms with Crippen molar-refractivity contribution in [1.82, 2.24) is 4.90 Å². The molecule has 0 spiro atoms. The van der Waals surface area contributed by atoms with Crippen molar-refractivity contribution in [2.75, 3.05) is 20.2 Å². The minimum absolute atomic E-state index is 0.220. The van der Waals surface area contributed by atoms with E-state index < -0.39 is 0 Å². The highest BCUT2D eigenvalue weighted by molar-refractivity contribution is 5.28. The van der Waals surface area contributed by atoms with Gasteiger partial charge in [0.25, 0.3) is 0 Å². The Bertz CT molecular complexity index is 411. The molecule has 1 aliphatic heterocycles. The Hall–Kier alpha value is -1.13. The molecule has 0 saturated carbocycles. The first-order chi connectivity index (χ1) is 8.60. The number of ether oxygens (including phenoxy) is 1. The zero-order chi connectivity index (χ0) is 13.1. The molecule has 1 aromatic rings. The zero-order valence-corrected chi connectivity index (χ0v) is 10.9. The second kappa shape index (κ2) is 5.67. The molecule has 2 atom stereocenters. The van der Waals surface area contributed by atoms with E-state index in [4.69, 9.17) is 4.74 Å². The van der Waals surface area contributed by atoms with Crippen molar-refractivity contribution >= 4 is 0 Å². The fourth-order valence-corrected chi connectivity index (χ4v) is 2.39. The highest BCUT2D eigenvalue weighted by Crippen LogP contribution is 2.21. The van der Waals surface area contributed by atoms with Gasteiger partial charge in [-0.2, -0.15) is 0 Å². The van der Waals surface area contributed by atoms with Crippen molar-refractivity contribution < 1.29 is 14.2 Å². The summed E-state index contributed by atoms with van der Waals surface area (Å²) in [4.78, 5) is 2.18. The number of hydrogen-bond donors (Lipinski definition) is 1. The summed E-state index contributed by atoms with van der Waals surface area (Å²) in [6, 6.07) is 4.96. The fraction of sp³-hybridized carbons (Fsp3) is 0.571. The normalized spacial score (nSPS) is 25.1. The lowest BCUT2D eigenvalue weighted by Gasteiger charge is -2.34. The van der Waals surface area contributed by atoms with E-state index in [2.05, 4.69) is 4.90 Å². The average molecular weight is 253 g/mol. The van der Waals surface area contributed by atoms with Crippen molar-refractivity contribution in [3.63, 3.8) is 0 Å². The molecule has 1 aromatic carbocycles. The largest absolute Gasteiger partial charge is 0.497 e. The topological polar surface area (TPSA) is 32.7 Å². The molecular formula is C14H20FNO2. The van der Waals surface area contributed by atoms with Gasteiger partial charge in [-0.1, -0.05) is 13.0 Å². The summed E-state index contributed by atoms with van der Waals surface area (Å²) in [6.45, 7) is 4.25. The summed E-state index contributed by atoms with van der Waals surface area (Å²) in [5.41, 5.74) is 0.680. The van der Waals surface area contributed by atoms with Crippen molar-refractivity contribution in [3.8, 4) is 5.75 Å². The molecule has 1 aliphatic rings. The van der Waals surface area contributed by atoms with Gasteiger partial charge in [-0.25, -0.2) is 4.39 Å². The Balaban J connectivity index is 2.01. The highest BCUT2D eigenvalue weighted by Gasteiger charge is 2.24. The van der Waals surface area contributed by atoms with Crippen LogP contribution in [0.3, 0.4) is 0 Å². The third-order valence-electron chi connectivity index (χ3n) is 3.60. The van der Waals surface area contributed by atoms with Gasteiger partial charge in [0.2, 0.25) is 0 Å². The molecule has 1 N–H and O–H groups in total. The Morgan fingerprint density at radius 2 is 2.28 bits per heavy atom. The van der Waals surface area contributed by atoms with Gasteiger partial charge in [0.05, 0.1) is 13.2 Å². The lowest BCUT2D eigenvalue weighted by molar-refractivity contribution is 0.0316. The molecule has 1 fully saturated rings. The standard InChI is InChI=1S/C14H20FNO2/c1-10-8-16(6-5-14(10)17)9-11-3-4-12(18-2)7-13(11)15/h3-4,7,10,14,17H,5-6,8-9H2,1-2H3. The first kappa shape index (κ1) is 13.3. The van der Waals surface area contributed by atoms with Crippen LogP contribution >= 0.6 is 0 Å². The Kier molecular flexibility index (Phi) is 4.19. The molecular weight excluding hydrogens is 233 g/mol. The van der Waals surface area contributed by atoms with Crippen LogP contribution in [-0.4, -0.2) is 36.3 Å². The van der Waals surface area contributed by atoms with Gasteiger partial charge < -0.3 is 9.84 Å². The Labute approximate surface area is 107 Å². The molecule has 1 saturated heterocycles. The molecule has 100 valence electrons. The molecule has 0 aliphatic carbocycles. The minimum Gasteiger partial charge on any atom is -0.497 e. The van der Waals surface area contributed by atoms with Crippen LogP contribution in [0.2, 0.25) is 0 Å². The monoisotopic (exact) mass is 253 g/mol. The van der Waals surface area contributed by atoms with Gasteiger partial charge in [0.1, 0.15) is 11.6 Å². The van der Waals surface area contributed by atoms with Crippen LogP contribution < -0.4 is 4.74 Å². The molecule has 2 unspecified atom stereocenters. The van der Waals surface area contributed by atoms with Crippen molar-refractivity contribution in [2.45, 2.75) is 26.0 Å². The fourth-order valence-electron chi connectivity index (χ4n) is 2.39. The predicted octanol–water partition coefficient (Wildman–Crippen LogP) is 2.04. The Morgan fingerprint density at radius 3 is 2.89 bits per heavy atom. The molecule has 2 rings (SSSR count). The number of nitrogens with zero attached hydrogens (tertiary/aromatic N) is 1. The van der Waals surface area contributed by atoms with E-state index >= 15 is 0 Å². The third kappa shape index (κ3) is 3.00. The number of halogens is 1. The predicted molar refractivity (Wildman–Crippen MR) is 68.0 cm³/mol. The number of hydrogen-bond acceptors (Lipinski definition) is 3. The Morgan fingerprint density at radius 1 is 1.50 bits per heavy atom. The highest BCUT2D eigenvalue weighted by atomic mass is 19.1. The summed E-state index contributed by atoms with van der Waals surface area (Å²) >= 11 is 0. The molecule has 18 heavy (non-hydrogen) atoms. The number of piperidine rings is 1. The molecule has 0 bridgehead atoms. The number of likely N-dealkylation sites (tertiary alicyclic amines) is 1. The second-order valence-corrected chi connectivity index (χ2v) is 5.03. The number of rotatable bonds is 3. The van der Waals surface area contributed by atoms with E-state index in [1.165, 1.54) is 13.2 Å². The number of methoxy groups -OCH3 is 1. The van der Waals surface area contributed by atoms with Gasteiger partial charge in [0, 0.05) is 31.3 Å². The van der Waals surface area contributed by atoms with Gasteiger partial charge in [-0.05, 0) is 18.4 Å². The van der Waals surface area contributed by atoms with Crippen LogP contribution in [0.15, 0.2) is 18.2 Å². The van der Waals surface area contributed by atoms with Crippen LogP contribution in [0.25, 0.3) is 0 Å². The van der Waals surface area contributed by atoms with Crippen molar-refractivity contribution in [2.24, 2.45) is 5.92 Å². The maximum atomic E-state index is 13.8. The first-order valence-electron chi connectivity index (χ1n) is 6.33. The van der Waals surface area contributed by atoms with Gasteiger partial charge in [-0.3, -0.25) is 4.90 Å². The van der Waals surface area contributed by atoms with E-state index in [9.17, 15) is 9.50 Å². The molecule has 0 amide bonds. The quantitative estimate of drug-likeness (QED) is 0.894. The number of aliphatic hydroxyl groups is 1. The summed E-state index contributed by atoms with van der Waals surface area (Å²) in [5, 5.41) is 9.67. The second-order valence-electron chi connectivity index (χ2n) is 5.03. The first-order valence-corrected chi connectivity index (χ1v) is 6.33. The molecule has 1 heterocycles. The van der Waals surface area contributed by atoms with Crippen molar-refractivity contribution in [3.05, 3.63) is 29.6 Å². The van der Waals surface area contributed by atoms with E-state index in [1.807, 2.05) is 6.92 Å². The molecule has 0 radical (unpaired) electrons. The third-order valence-corrected chi connectivity index (χ3v) is 3.60. The zero-order valence-electron chi connectivity index (χ0n) is 10.9. The van der Waals surface area contributed by atoms with Gasteiger partial charge in [-0.15, -0.1) is 0 Å². The molecule has 0 aromatic heterocycles. The van der Waals surface area contributed by atoms with Crippen LogP contribution in [0.1, 0.15) is 18.9 Å². The molecule has 4 heteroatoms. The van der Waals surface area contributed by atoms with E-state index in [0.717, 1.165) is 19.5 Å². The van der Waals surface area contributed by atoms with Gasteiger partial charge in [0.15, 0.2) is 0 Å². The van der Waals surface area contributed by atoms with Crippen LogP contribution in [0, 0.1) is 11.7 Å². The maximum Gasteiger partial charge on any atom is 0.131 e. The lowest BCUT2D eigenvalue weighted by atomic mass is 9.96. The lowest BCUT2D eigenvalue weighted by Crippen LogP contribution is -2.41. The number of benzene rings is 1. The molecule has 3 nitrogen and oxygen atoms in total. The van der Waals surface area contributed by atoms with E-state index in [1.54, 1.807) is 12.1 Å². The van der Waals surface area contributed by atoms with Crippen molar-refractivity contribution in [1.29, 1.82) is 0 Å². The SMILES string of the molecule is COc1ccc(CN2CCC(O)C(C)C2)c(F)c1. The van der Waals surface area contributed by atoms with Crippen LogP contribution in [0.5, 0.6) is 5.75 Å². The van der Waals surface area contributed by atoms with E-state index in [0.29, 0.717) is 17.9 Å². The van der Waals surface area contributed by atoms with Gasteiger partial charge >= 0.3 is 0 Å². The van der Waals surface area contributed by atoms with Crippen LogP contribution in [0.4, 0.5) is 4.39 Å². The van der Waals surface area contributed by atoms with Crippen LogP contribution in [-0.2, 0) is 6.54 Å². The minimum atomic E-state index is -0.229. The summed E-state index contributed by atoms with van der Waals surface area (Å²) in [6.07, 6.45) is 0.542. The average Bonchev–Trinajstić information content (AvgIpc) is 2.36. The summed E-state index contributed by atoms with van der Waals surface area (Å²) < 4.78 is 18.8. The smallest absolute Gasteiger partial charge is 0.131 e. The summed E-state index contributed by atoms with van der Waals surface area (Å²) in [7, 11) is 1.53. The van der Waals surface area contributed by atoms with E-state index in [-0.39, 0.29) is 17.8 Å².